The second-order valence-corrected chi connectivity index (χ2v) is 7.65. The second kappa shape index (κ2) is 6.21. The lowest BCUT2D eigenvalue weighted by molar-refractivity contribution is 0.0938. The van der Waals surface area contributed by atoms with Gasteiger partial charge in [-0.05, 0) is 61.4 Å². The number of carbonyl (C=O) groups is 1. The average molecular weight is 334 g/mol. The highest BCUT2D eigenvalue weighted by atomic mass is 16.2. The molecular weight excluding hydrogens is 308 g/mol. The van der Waals surface area contributed by atoms with Crippen molar-refractivity contribution in [3.63, 3.8) is 0 Å². The zero-order valence-electron chi connectivity index (χ0n) is 15.1. The van der Waals surface area contributed by atoms with Crippen LogP contribution in [0.1, 0.15) is 67.8 Å². The molecule has 1 fully saturated rings. The summed E-state index contributed by atoms with van der Waals surface area (Å²) in [5.41, 5.74) is 3.76. The van der Waals surface area contributed by atoms with Crippen LogP contribution in [0.2, 0.25) is 0 Å². The molecule has 1 heterocycles. The maximum absolute atomic E-state index is 13.4. The minimum Gasteiger partial charge on any atom is -0.362 e. The molecule has 0 bridgehead atoms. The number of carbonyl (C=O) groups excluding carboxylic acids is 1. The number of hydrogen-bond donors (Lipinski definition) is 1. The summed E-state index contributed by atoms with van der Waals surface area (Å²) < 4.78 is 0. The molecule has 0 radical (unpaired) electrons. The molecule has 2 aliphatic rings. The number of rotatable bonds is 2. The molecule has 130 valence electrons. The summed E-state index contributed by atoms with van der Waals surface area (Å²) in [5, 5.41) is 3.73. The fourth-order valence-electron chi connectivity index (χ4n) is 4.26. The van der Waals surface area contributed by atoms with Crippen LogP contribution < -0.4 is 10.2 Å². The third-order valence-corrected chi connectivity index (χ3v) is 5.65. The van der Waals surface area contributed by atoms with Crippen LogP contribution in [0.4, 0.5) is 11.4 Å². The molecule has 3 heteroatoms. The Labute approximate surface area is 150 Å². The molecule has 1 N–H and O–H groups in total. The van der Waals surface area contributed by atoms with E-state index in [0.717, 1.165) is 42.6 Å². The molecule has 0 unspecified atom stereocenters. The Balaban J connectivity index is 1.80. The molecule has 0 aromatic heterocycles. The fourth-order valence-corrected chi connectivity index (χ4v) is 4.26. The molecular formula is C22H26N2O. The highest BCUT2D eigenvalue weighted by Gasteiger charge is 2.45. The Hall–Kier alpha value is -2.29. The minimum absolute atomic E-state index is 0.119. The van der Waals surface area contributed by atoms with Crippen molar-refractivity contribution in [2.75, 3.05) is 10.2 Å². The summed E-state index contributed by atoms with van der Waals surface area (Å²) >= 11 is 0. The van der Waals surface area contributed by atoms with Gasteiger partial charge in [-0.3, -0.25) is 9.69 Å². The monoisotopic (exact) mass is 334 g/mol. The maximum atomic E-state index is 13.4. The van der Waals surface area contributed by atoms with Crippen LogP contribution in [0.5, 0.6) is 0 Å². The van der Waals surface area contributed by atoms with Gasteiger partial charge in [-0.15, -0.1) is 0 Å². The van der Waals surface area contributed by atoms with Crippen LogP contribution in [-0.2, 0) is 0 Å². The van der Waals surface area contributed by atoms with E-state index >= 15 is 0 Å². The zero-order valence-corrected chi connectivity index (χ0v) is 15.1. The first-order valence-electron chi connectivity index (χ1n) is 9.42. The van der Waals surface area contributed by atoms with Gasteiger partial charge in [-0.2, -0.15) is 0 Å². The standard InChI is InChI=1S/C22H26N2O/c1-16(2)17-10-12-18(13-11-17)24-21(25)19-8-4-5-9-20(19)23-22(24)14-6-3-7-15-22/h4-5,8-13,16,23H,3,6-7,14-15H2,1-2H3. The Kier molecular flexibility index (Phi) is 4.03. The normalized spacial score (nSPS) is 19.0. The summed E-state index contributed by atoms with van der Waals surface area (Å²) in [4.78, 5) is 15.4. The van der Waals surface area contributed by atoms with Crippen LogP contribution in [0, 0.1) is 0 Å². The zero-order chi connectivity index (χ0) is 17.4. The molecule has 3 nitrogen and oxygen atoms in total. The molecule has 1 aliphatic carbocycles. The predicted octanol–water partition coefficient (Wildman–Crippen LogP) is 5.54. The maximum Gasteiger partial charge on any atom is 0.262 e. The molecule has 1 amide bonds. The average Bonchev–Trinajstić information content (AvgIpc) is 2.63. The van der Waals surface area contributed by atoms with E-state index in [2.05, 4.69) is 43.4 Å². The van der Waals surface area contributed by atoms with E-state index in [1.165, 1.54) is 12.0 Å². The molecule has 4 rings (SSSR count). The molecule has 1 aliphatic heterocycles. The van der Waals surface area contributed by atoms with Gasteiger partial charge in [0.2, 0.25) is 0 Å². The molecule has 25 heavy (non-hydrogen) atoms. The van der Waals surface area contributed by atoms with Crippen molar-refractivity contribution < 1.29 is 4.79 Å². The lowest BCUT2D eigenvalue weighted by Gasteiger charge is -2.50. The number of amides is 1. The van der Waals surface area contributed by atoms with Crippen molar-refractivity contribution in [3.8, 4) is 0 Å². The van der Waals surface area contributed by atoms with E-state index in [9.17, 15) is 4.79 Å². The highest BCUT2D eigenvalue weighted by molar-refractivity contribution is 6.12. The summed E-state index contributed by atoms with van der Waals surface area (Å²) in [7, 11) is 0. The first-order valence-corrected chi connectivity index (χ1v) is 9.42. The summed E-state index contributed by atoms with van der Waals surface area (Å²) in [6, 6.07) is 16.4. The number of fused-ring (bicyclic) bond motifs is 1. The van der Waals surface area contributed by atoms with Crippen molar-refractivity contribution in [1.29, 1.82) is 0 Å². The number of para-hydroxylation sites is 1. The SMILES string of the molecule is CC(C)c1ccc(N2C(=O)c3ccccc3NC23CCCCC3)cc1. The van der Waals surface area contributed by atoms with E-state index in [0.29, 0.717) is 5.92 Å². The van der Waals surface area contributed by atoms with Crippen LogP contribution in [0.15, 0.2) is 48.5 Å². The Bertz CT molecular complexity index is 773. The predicted molar refractivity (Wildman–Crippen MR) is 103 cm³/mol. The van der Waals surface area contributed by atoms with Gasteiger partial charge in [0.15, 0.2) is 0 Å². The molecule has 2 aromatic carbocycles. The molecule has 1 saturated carbocycles. The first kappa shape index (κ1) is 16.2. The lowest BCUT2D eigenvalue weighted by Crippen LogP contribution is -2.61. The van der Waals surface area contributed by atoms with Gasteiger partial charge >= 0.3 is 0 Å². The smallest absolute Gasteiger partial charge is 0.262 e. The lowest BCUT2D eigenvalue weighted by atomic mass is 9.84. The number of anilines is 2. The number of benzene rings is 2. The fraction of sp³-hybridized carbons (Fsp3) is 0.409. The summed E-state index contributed by atoms with van der Waals surface area (Å²) in [6.45, 7) is 4.39. The molecule has 0 saturated heterocycles. The highest BCUT2D eigenvalue weighted by Crippen LogP contribution is 2.42. The van der Waals surface area contributed by atoms with Gasteiger partial charge in [0.05, 0.1) is 5.56 Å². The van der Waals surface area contributed by atoms with E-state index < -0.39 is 0 Å². The number of hydrogen-bond acceptors (Lipinski definition) is 2. The van der Waals surface area contributed by atoms with Crippen LogP contribution in [0.3, 0.4) is 0 Å². The second-order valence-electron chi connectivity index (χ2n) is 7.65. The van der Waals surface area contributed by atoms with Crippen LogP contribution in [0.25, 0.3) is 0 Å². The van der Waals surface area contributed by atoms with Gasteiger partial charge in [-0.1, -0.05) is 44.5 Å². The van der Waals surface area contributed by atoms with Gasteiger partial charge in [0, 0.05) is 11.4 Å². The van der Waals surface area contributed by atoms with Gasteiger partial charge in [0.25, 0.3) is 5.91 Å². The van der Waals surface area contributed by atoms with Crippen molar-refractivity contribution in [2.24, 2.45) is 0 Å². The van der Waals surface area contributed by atoms with Crippen LogP contribution >= 0.6 is 0 Å². The summed E-state index contributed by atoms with van der Waals surface area (Å²) in [6.07, 6.45) is 5.56. The quantitative estimate of drug-likeness (QED) is 0.781. The number of nitrogens with one attached hydrogen (secondary N) is 1. The number of nitrogens with zero attached hydrogens (tertiary/aromatic N) is 1. The van der Waals surface area contributed by atoms with Gasteiger partial charge in [0.1, 0.15) is 5.66 Å². The third-order valence-electron chi connectivity index (χ3n) is 5.65. The Morgan fingerprint density at radius 1 is 0.960 bits per heavy atom. The van der Waals surface area contributed by atoms with Crippen molar-refractivity contribution >= 4 is 17.3 Å². The molecule has 2 aromatic rings. The van der Waals surface area contributed by atoms with E-state index in [1.807, 2.05) is 29.2 Å². The topological polar surface area (TPSA) is 32.3 Å². The Morgan fingerprint density at radius 3 is 2.32 bits per heavy atom. The first-order chi connectivity index (χ1) is 12.1. The van der Waals surface area contributed by atoms with Gasteiger partial charge in [-0.25, -0.2) is 0 Å². The largest absolute Gasteiger partial charge is 0.362 e. The van der Waals surface area contributed by atoms with Crippen molar-refractivity contribution in [3.05, 3.63) is 59.7 Å². The Morgan fingerprint density at radius 2 is 1.64 bits per heavy atom. The minimum atomic E-state index is -0.289. The van der Waals surface area contributed by atoms with E-state index in [-0.39, 0.29) is 11.6 Å². The molecule has 1 spiro atoms. The summed E-state index contributed by atoms with van der Waals surface area (Å²) in [5.74, 6) is 0.613. The van der Waals surface area contributed by atoms with E-state index in [1.54, 1.807) is 0 Å². The van der Waals surface area contributed by atoms with E-state index in [4.69, 9.17) is 0 Å². The van der Waals surface area contributed by atoms with Gasteiger partial charge < -0.3 is 5.32 Å². The van der Waals surface area contributed by atoms with Crippen molar-refractivity contribution in [2.45, 2.75) is 57.5 Å². The molecule has 0 atom stereocenters. The van der Waals surface area contributed by atoms with Crippen molar-refractivity contribution in [1.82, 2.24) is 0 Å². The van der Waals surface area contributed by atoms with Crippen LogP contribution in [-0.4, -0.2) is 11.6 Å². The third kappa shape index (κ3) is 2.72.